The monoisotopic (exact) mass is 287 g/mol. The van der Waals surface area contributed by atoms with Gasteiger partial charge in [0.1, 0.15) is 16.1 Å². The van der Waals surface area contributed by atoms with Crippen LogP contribution in [-0.2, 0) is 11.4 Å². The third-order valence-electron chi connectivity index (χ3n) is 1.72. The molecule has 2 nitrogen and oxygen atoms in total. The molecule has 1 aromatic carbocycles. The van der Waals surface area contributed by atoms with Crippen molar-refractivity contribution in [3.8, 4) is 0 Å². The lowest BCUT2D eigenvalue weighted by Crippen LogP contribution is -2.25. The van der Waals surface area contributed by atoms with Crippen molar-refractivity contribution in [2.45, 2.75) is 25.5 Å². The van der Waals surface area contributed by atoms with Gasteiger partial charge in [0, 0.05) is 10.0 Å². The zero-order chi connectivity index (χ0) is 11.5. The Morgan fingerprint density at radius 1 is 1.33 bits per heavy atom. The maximum atomic E-state index is 11.6. The van der Waals surface area contributed by atoms with Gasteiger partial charge in [0.05, 0.1) is 6.21 Å². The van der Waals surface area contributed by atoms with Crippen molar-refractivity contribution < 1.29 is 4.55 Å². The van der Waals surface area contributed by atoms with Crippen LogP contribution in [0.1, 0.15) is 26.3 Å². The van der Waals surface area contributed by atoms with E-state index < -0.39 is 11.4 Å². The van der Waals surface area contributed by atoms with Gasteiger partial charge in [0.2, 0.25) is 0 Å². The van der Waals surface area contributed by atoms with Gasteiger partial charge < -0.3 is 4.55 Å². The number of hydrogen-bond acceptors (Lipinski definition) is 2. The summed E-state index contributed by atoms with van der Waals surface area (Å²) >= 11 is 2.21. The molecule has 0 aromatic heterocycles. The molecule has 0 spiro atoms. The first-order valence-electron chi connectivity index (χ1n) is 4.62. The Morgan fingerprint density at radius 3 is 2.47 bits per heavy atom. The summed E-state index contributed by atoms with van der Waals surface area (Å²) in [5.41, 5.74) is 0.940. The van der Waals surface area contributed by atoms with Gasteiger partial charge in [0.15, 0.2) is 0 Å². The van der Waals surface area contributed by atoms with Gasteiger partial charge in [-0.15, -0.1) is 0 Å². The molecule has 0 bridgehead atoms. The summed E-state index contributed by atoms with van der Waals surface area (Å²) < 4.78 is 16.3. The highest BCUT2D eigenvalue weighted by atomic mass is 79.9. The van der Waals surface area contributed by atoms with Gasteiger partial charge in [-0.2, -0.15) is 0 Å². The molecule has 0 aliphatic carbocycles. The molecule has 0 saturated heterocycles. The van der Waals surface area contributed by atoms with E-state index in [9.17, 15) is 4.55 Å². The van der Waals surface area contributed by atoms with Crippen molar-refractivity contribution in [2.24, 2.45) is 4.40 Å². The molecule has 15 heavy (non-hydrogen) atoms. The standard InChI is InChI=1S/C11H14BrNOS/c1-11(2,3)15(14)13-8-9-6-4-5-7-10(9)12/h4-8H,1-3H3/b13-8+/t15-/m0/s1. The Kier molecular flexibility index (Phi) is 4.37. The van der Waals surface area contributed by atoms with Crippen LogP contribution in [0.4, 0.5) is 0 Å². The van der Waals surface area contributed by atoms with Crippen molar-refractivity contribution in [1.82, 2.24) is 0 Å². The van der Waals surface area contributed by atoms with Crippen LogP contribution in [-0.4, -0.2) is 15.5 Å². The summed E-state index contributed by atoms with van der Waals surface area (Å²) in [6.07, 6.45) is 1.64. The maximum Gasteiger partial charge on any atom is 0.144 e. The summed E-state index contributed by atoms with van der Waals surface area (Å²) in [6.45, 7) is 5.71. The van der Waals surface area contributed by atoms with Crippen molar-refractivity contribution in [3.63, 3.8) is 0 Å². The molecule has 0 saturated carbocycles. The van der Waals surface area contributed by atoms with Crippen molar-refractivity contribution >= 4 is 33.5 Å². The molecule has 0 unspecified atom stereocenters. The average molecular weight is 288 g/mol. The maximum absolute atomic E-state index is 11.6. The second-order valence-corrected chi connectivity index (χ2v) is 6.91. The van der Waals surface area contributed by atoms with Gasteiger partial charge in [0.25, 0.3) is 0 Å². The number of benzene rings is 1. The molecular formula is C11H14BrNOS. The van der Waals surface area contributed by atoms with E-state index in [1.807, 2.05) is 45.0 Å². The van der Waals surface area contributed by atoms with Gasteiger partial charge in [-0.1, -0.05) is 38.5 Å². The first-order chi connectivity index (χ1) is 6.91. The lowest BCUT2D eigenvalue weighted by atomic mass is 10.2. The fourth-order valence-corrected chi connectivity index (χ4v) is 1.76. The van der Waals surface area contributed by atoms with Gasteiger partial charge in [-0.05, 0) is 26.8 Å². The Balaban J connectivity index is 2.79. The zero-order valence-electron chi connectivity index (χ0n) is 9.03. The van der Waals surface area contributed by atoms with Crippen LogP contribution in [0.25, 0.3) is 0 Å². The van der Waals surface area contributed by atoms with Crippen LogP contribution in [0.3, 0.4) is 0 Å². The fourth-order valence-electron chi connectivity index (χ4n) is 0.843. The number of rotatable bonds is 2. The molecule has 0 N–H and O–H groups in total. The van der Waals surface area contributed by atoms with Crippen LogP contribution >= 0.6 is 15.9 Å². The van der Waals surface area contributed by atoms with E-state index in [2.05, 4.69) is 20.3 Å². The highest BCUT2D eigenvalue weighted by Crippen LogP contribution is 2.18. The lowest BCUT2D eigenvalue weighted by molar-refractivity contribution is 0.562. The largest absolute Gasteiger partial charge is 0.591 e. The predicted octanol–water partition coefficient (Wildman–Crippen LogP) is 3.33. The fraction of sp³-hybridized carbons (Fsp3) is 0.364. The molecule has 0 amide bonds. The average Bonchev–Trinajstić information content (AvgIpc) is 2.14. The molecular weight excluding hydrogens is 274 g/mol. The van der Waals surface area contributed by atoms with E-state index in [-0.39, 0.29) is 4.75 Å². The third kappa shape index (κ3) is 3.97. The SMILES string of the molecule is CC(C)(C)[S@+]([O-])/N=C/c1ccccc1Br. The van der Waals surface area contributed by atoms with Crippen LogP contribution in [0.2, 0.25) is 0 Å². The van der Waals surface area contributed by atoms with Gasteiger partial charge >= 0.3 is 0 Å². The minimum atomic E-state index is -1.20. The summed E-state index contributed by atoms with van der Waals surface area (Å²) in [4.78, 5) is 0. The molecule has 0 heterocycles. The lowest BCUT2D eigenvalue weighted by Gasteiger charge is -2.17. The highest BCUT2D eigenvalue weighted by Gasteiger charge is 2.25. The number of hydrogen-bond donors (Lipinski definition) is 0. The smallest absolute Gasteiger partial charge is 0.144 e. The van der Waals surface area contributed by atoms with E-state index >= 15 is 0 Å². The molecule has 0 aliphatic rings. The molecule has 0 aliphatic heterocycles. The van der Waals surface area contributed by atoms with Crippen LogP contribution in [0.5, 0.6) is 0 Å². The van der Waals surface area contributed by atoms with E-state index in [0.717, 1.165) is 10.0 Å². The van der Waals surface area contributed by atoms with Crippen molar-refractivity contribution in [1.29, 1.82) is 0 Å². The van der Waals surface area contributed by atoms with Crippen LogP contribution in [0, 0.1) is 0 Å². The normalized spacial score (nSPS) is 14.5. The summed E-state index contributed by atoms with van der Waals surface area (Å²) in [7, 11) is 0. The predicted molar refractivity (Wildman–Crippen MR) is 69.6 cm³/mol. The molecule has 4 heteroatoms. The second-order valence-electron chi connectivity index (χ2n) is 4.12. The second kappa shape index (κ2) is 5.14. The first kappa shape index (κ1) is 12.7. The van der Waals surface area contributed by atoms with E-state index in [1.54, 1.807) is 6.21 Å². The van der Waals surface area contributed by atoms with E-state index in [1.165, 1.54) is 0 Å². The molecule has 1 atom stereocenters. The van der Waals surface area contributed by atoms with Gasteiger partial charge in [-0.25, -0.2) is 0 Å². The quantitative estimate of drug-likeness (QED) is 0.607. The Morgan fingerprint density at radius 2 is 1.93 bits per heavy atom. The topological polar surface area (TPSA) is 35.4 Å². The van der Waals surface area contributed by atoms with E-state index in [0.29, 0.717) is 0 Å². The minimum absolute atomic E-state index is 0.308. The molecule has 0 fully saturated rings. The van der Waals surface area contributed by atoms with Crippen LogP contribution < -0.4 is 0 Å². The zero-order valence-corrected chi connectivity index (χ0v) is 11.4. The molecule has 1 rings (SSSR count). The third-order valence-corrected chi connectivity index (χ3v) is 3.78. The summed E-state index contributed by atoms with van der Waals surface area (Å²) in [5.74, 6) is 0. The summed E-state index contributed by atoms with van der Waals surface area (Å²) in [6, 6.07) is 7.71. The summed E-state index contributed by atoms with van der Waals surface area (Å²) in [5, 5.41) is 0. The molecule has 0 radical (unpaired) electrons. The first-order valence-corrected chi connectivity index (χ1v) is 6.52. The minimum Gasteiger partial charge on any atom is -0.591 e. The Hall–Kier alpha value is -0.320. The Labute approximate surface area is 102 Å². The van der Waals surface area contributed by atoms with E-state index in [4.69, 9.17) is 0 Å². The van der Waals surface area contributed by atoms with Crippen molar-refractivity contribution in [3.05, 3.63) is 34.3 Å². The Bertz CT molecular complexity index is 360. The van der Waals surface area contributed by atoms with Crippen molar-refractivity contribution in [2.75, 3.05) is 0 Å². The number of nitrogens with zero attached hydrogens (tertiary/aromatic N) is 1. The molecule has 82 valence electrons. The van der Waals surface area contributed by atoms with Crippen LogP contribution in [0.15, 0.2) is 33.1 Å². The molecule has 1 aromatic rings. The highest BCUT2D eigenvalue weighted by molar-refractivity contribution is 9.10. The number of halogens is 1. The van der Waals surface area contributed by atoms with Gasteiger partial charge in [-0.3, -0.25) is 0 Å².